The molecule has 41 heavy (non-hydrogen) atoms. The Balaban J connectivity index is 1.35. The van der Waals surface area contributed by atoms with Crippen molar-refractivity contribution in [3.8, 4) is 0 Å². The standard InChI is InChI=1S/C34H43N3O4/c1-2-3-24-41-34(40)35-31(25-27-12-6-4-7-13-27)32(38)19-18-29-16-10-11-17-30(29)33(39)37-22-20-36(21-23-37)26-28-14-8-5-9-15-28/h4-17,31-32,38H,2-3,18-26H2,1H3,(H,35,40). The maximum absolute atomic E-state index is 13.5. The quantitative estimate of drug-likeness (QED) is 0.287. The molecule has 7 heteroatoms. The number of ether oxygens (including phenoxy) is 1. The summed E-state index contributed by atoms with van der Waals surface area (Å²) in [4.78, 5) is 30.3. The SMILES string of the molecule is CCCCOC(=O)NC(Cc1ccccc1)C(O)CCc1ccccc1C(=O)N1CCN(Cc2ccccc2)CC1. The molecular weight excluding hydrogens is 514 g/mol. The van der Waals surface area contributed by atoms with E-state index in [-0.39, 0.29) is 5.91 Å². The van der Waals surface area contributed by atoms with Crippen molar-refractivity contribution in [3.05, 3.63) is 107 Å². The van der Waals surface area contributed by atoms with E-state index in [1.165, 1.54) is 5.56 Å². The summed E-state index contributed by atoms with van der Waals surface area (Å²) in [5.41, 5.74) is 3.90. The third kappa shape index (κ3) is 9.44. The molecule has 2 atom stereocenters. The molecule has 7 nitrogen and oxygen atoms in total. The number of unbranched alkanes of at least 4 members (excludes halogenated alkanes) is 1. The number of amides is 2. The van der Waals surface area contributed by atoms with Crippen LogP contribution >= 0.6 is 0 Å². The minimum absolute atomic E-state index is 0.0351. The maximum atomic E-state index is 13.5. The summed E-state index contributed by atoms with van der Waals surface area (Å²) in [5, 5.41) is 14.1. The number of hydrogen-bond donors (Lipinski definition) is 2. The molecule has 1 heterocycles. The number of aliphatic hydroxyl groups is 1. The normalized spacial score (nSPS) is 15.2. The van der Waals surface area contributed by atoms with Crippen LogP contribution in [-0.4, -0.2) is 71.8 Å². The van der Waals surface area contributed by atoms with Crippen molar-refractivity contribution >= 4 is 12.0 Å². The van der Waals surface area contributed by atoms with E-state index >= 15 is 0 Å². The van der Waals surface area contributed by atoms with Crippen molar-refractivity contribution in [1.82, 2.24) is 15.1 Å². The number of alkyl carbamates (subject to hydrolysis) is 1. The molecule has 0 spiro atoms. The van der Waals surface area contributed by atoms with E-state index in [0.717, 1.165) is 43.6 Å². The van der Waals surface area contributed by atoms with E-state index in [1.54, 1.807) is 0 Å². The van der Waals surface area contributed by atoms with E-state index in [9.17, 15) is 14.7 Å². The summed E-state index contributed by atoms with van der Waals surface area (Å²) in [6, 6.07) is 27.4. The lowest BCUT2D eigenvalue weighted by atomic mass is 9.94. The molecule has 2 amide bonds. The molecule has 1 saturated heterocycles. The van der Waals surface area contributed by atoms with Crippen LogP contribution < -0.4 is 5.32 Å². The fraction of sp³-hybridized carbons (Fsp3) is 0.412. The van der Waals surface area contributed by atoms with Crippen molar-refractivity contribution < 1.29 is 19.4 Å². The predicted octanol–water partition coefficient (Wildman–Crippen LogP) is 5.08. The molecule has 1 fully saturated rings. The van der Waals surface area contributed by atoms with Crippen molar-refractivity contribution in [1.29, 1.82) is 0 Å². The van der Waals surface area contributed by atoms with Crippen molar-refractivity contribution in [2.45, 2.75) is 57.7 Å². The number of nitrogens with one attached hydrogen (secondary N) is 1. The Hall–Kier alpha value is -3.68. The number of aryl methyl sites for hydroxylation is 1. The van der Waals surface area contributed by atoms with Crippen molar-refractivity contribution in [3.63, 3.8) is 0 Å². The van der Waals surface area contributed by atoms with Gasteiger partial charge in [0.15, 0.2) is 0 Å². The second-order valence-corrected chi connectivity index (χ2v) is 10.7. The Morgan fingerprint density at radius 1 is 0.878 bits per heavy atom. The van der Waals surface area contributed by atoms with Gasteiger partial charge in [-0.2, -0.15) is 0 Å². The molecule has 3 aromatic carbocycles. The highest BCUT2D eigenvalue weighted by atomic mass is 16.5. The summed E-state index contributed by atoms with van der Waals surface area (Å²) in [6.45, 7) is 6.33. The number of piperazine rings is 1. The third-order valence-electron chi connectivity index (χ3n) is 7.66. The fourth-order valence-electron chi connectivity index (χ4n) is 5.23. The van der Waals surface area contributed by atoms with Gasteiger partial charge in [0.1, 0.15) is 0 Å². The zero-order valence-electron chi connectivity index (χ0n) is 24.1. The third-order valence-corrected chi connectivity index (χ3v) is 7.66. The fourth-order valence-corrected chi connectivity index (χ4v) is 5.23. The molecule has 4 rings (SSSR count). The lowest BCUT2D eigenvalue weighted by Gasteiger charge is -2.35. The van der Waals surface area contributed by atoms with Crippen LogP contribution in [0.1, 0.15) is 53.2 Å². The largest absolute Gasteiger partial charge is 0.450 e. The van der Waals surface area contributed by atoms with Crippen LogP contribution in [0, 0.1) is 0 Å². The zero-order chi connectivity index (χ0) is 28.9. The molecule has 0 radical (unpaired) electrons. The number of nitrogens with zero attached hydrogens (tertiary/aromatic N) is 2. The number of carbonyl (C=O) groups is 2. The van der Waals surface area contributed by atoms with Gasteiger partial charge in [0.25, 0.3) is 5.91 Å². The molecule has 2 unspecified atom stereocenters. The van der Waals surface area contributed by atoms with Crippen LogP contribution in [0.3, 0.4) is 0 Å². The highest BCUT2D eigenvalue weighted by Crippen LogP contribution is 2.19. The van der Waals surface area contributed by atoms with Crippen molar-refractivity contribution in [2.24, 2.45) is 0 Å². The van der Waals surface area contributed by atoms with Crippen LogP contribution in [0.15, 0.2) is 84.9 Å². The molecule has 0 bridgehead atoms. The first kappa shape index (κ1) is 30.3. The first-order valence-electron chi connectivity index (χ1n) is 14.8. The Kier molecular flexibility index (Phi) is 11.8. The van der Waals surface area contributed by atoms with Gasteiger partial charge in [-0.25, -0.2) is 4.79 Å². The van der Waals surface area contributed by atoms with E-state index in [2.05, 4.69) is 34.5 Å². The van der Waals surface area contributed by atoms with Crippen LogP contribution in [0.25, 0.3) is 0 Å². The molecule has 1 aliphatic heterocycles. The molecule has 1 aliphatic rings. The second kappa shape index (κ2) is 15.9. The summed E-state index contributed by atoms with van der Waals surface area (Å²) in [5.74, 6) is 0.0351. The van der Waals surface area contributed by atoms with Gasteiger partial charge in [0.05, 0.1) is 18.8 Å². The van der Waals surface area contributed by atoms with Crippen LogP contribution in [-0.2, 0) is 24.1 Å². The smallest absolute Gasteiger partial charge is 0.407 e. The highest BCUT2D eigenvalue weighted by Gasteiger charge is 2.26. The molecule has 0 aliphatic carbocycles. The topological polar surface area (TPSA) is 82.1 Å². The maximum Gasteiger partial charge on any atom is 0.407 e. The summed E-state index contributed by atoms with van der Waals surface area (Å²) in [7, 11) is 0. The lowest BCUT2D eigenvalue weighted by molar-refractivity contribution is 0.0626. The number of hydrogen-bond acceptors (Lipinski definition) is 5. The van der Waals surface area contributed by atoms with E-state index in [0.29, 0.717) is 44.5 Å². The molecule has 3 aromatic rings. The monoisotopic (exact) mass is 557 g/mol. The molecule has 0 saturated carbocycles. The first-order chi connectivity index (χ1) is 20.0. The molecule has 0 aromatic heterocycles. The first-order valence-corrected chi connectivity index (χ1v) is 14.8. The Labute approximate surface area is 244 Å². The van der Waals surface area contributed by atoms with Crippen molar-refractivity contribution in [2.75, 3.05) is 32.8 Å². The molecule has 218 valence electrons. The summed E-state index contributed by atoms with van der Waals surface area (Å²) in [6.07, 6.45) is 1.83. The Morgan fingerprint density at radius 2 is 1.51 bits per heavy atom. The van der Waals surface area contributed by atoms with Gasteiger partial charge in [-0.05, 0) is 48.4 Å². The number of benzene rings is 3. The summed E-state index contributed by atoms with van der Waals surface area (Å²) >= 11 is 0. The molecular formula is C34H43N3O4. The number of aliphatic hydroxyl groups excluding tert-OH is 1. The average molecular weight is 558 g/mol. The molecule has 2 N–H and O–H groups in total. The average Bonchev–Trinajstić information content (AvgIpc) is 3.01. The van der Waals surface area contributed by atoms with E-state index < -0.39 is 18.2 Å². The van der Waals surface area contributed by atoms with E-state index in [4.69, 9.17) is 4.74 Å². The van der Waals surface area contributed by atoms with Gasteiger partial charge in [-0.15, -0.1) is 0 Å². The minimum atomic E-state index is -0.807. The van der Waals surface area contributed by atoms with Gasteiger partial charge in [-0.1, -0.05) is 92.2 Å². The van der Waals surface area contributed by atoms with Crippen LogP contribution in [0.2, 0.25) is 0 Å². The predicted molar refractivity (Wildman–Crippen MR) is 162 cm³/mol. The minimum Gasteiger partial charge on any atom is -0.450 e. The Bertz CT molecular complexity index is 1210. The Morgan fingerprint density at radius 3 is 2.20 bits per heavy atom. The highest BCUT2D eigenvalue weighted by molar-refractivity contribution is 5.95. The van der Waals surface area contributed by atoms with Crippen LogP contribution in [0.5, 0.6) is 0 Å². The second-order valence-electron chi connectivity index (χ2n) is 10.7. The number of carbonyl (C=O) groups excluding carboxylic acids is 2. The zero-order valence-corrected chi connectivity index (χ0v) is 24.1. The van der Waals surface area contributed by atoms with Gasteiger partial charge in [-0.3, -0.25) is 9.69 Å². The van der Waals surface area contributed by atoms with Gasteiger partial charge >= 0.3 is 6.09 Å². The van der Waals surface area contributed by atoms with Gasteiger partial charge in [0, 0.05) is 38.3 Å². The lowest BCUT2D eigenvalue weighted by Crippen LogP contribution is -2.48. The van der Waals surface area contributed by atoms with Gasteiger partial charge in [0.2, 0.25) is 0 Å². The van der Waals surface area contributed by atoms with Gasteiger partial charge < -0.3 is 20.1 Å². The summed E-state index contributed by atoms with van der Waals surface area (Å²) < 4.78 is 5.31. The number of rotatable bonds is 13. The van der Waals surface area contributed by atoms with Crippen LogP contribution in [0.4, 0.5) is 4.79 Å². The van der Waals surface area contributed by atoms with E-state index in [1.807, 2.05) is 72.5 Å².